The van der Waals surface area contributed by atoms with Gasteiger partial charge in [0.15, 0.2) is 0 Å². The highest BCUT2D eigenvalue weighted by Crippen LogP contribution is 2.29. The maximum atomic E-state index is 11.7. The zero-order valence-electron chi connectivity index (χ0n) is 10.6. The van der Waals surface area contributed by atoms with Crippen LogP contribution < -0.4 is 0 Å². The van der Waals surface area contributed by atoms with Gasteiger partial charge in [-0.3, -0.25) is 14.9 Å². The van der Waals surface area contributed by atoms with Crippen molar-refractivity contribution >= 4 is 17.4 Å². The summed E-state index contributed by atoms with van der Waals surface area (Å²) in [6.07, 6.45) is 0. The van der Waals surface area contributed by atoms with Gasteiger partial charge >= 0.3 is 5.97 Å². The van der Waals surface area contributed by atoms with E-state index in [9.17, 15) is 19.7 Å². The fourth-order valence-electron chi connectivity index (χ4n) is 1.74. The molecule has 0 aliphatic carbocycles. The molecule has 0 spiro atoms. The van der Waals surface area contributed by atoms with Crippen LogP contribution in [0.25, 0.3) is 0 Å². The van der Waals surface area contributed by atoms with Crippen molar-refractivity contribution in [3.63, 3.8) is 0 Å². The Bertz CT molecular complexity index is 548. The van der Waals surface area contributed by atoms with Crippen molar-refractivity contribution in [1.82, 2.24) is 0 Å². The first kappa shape index (κ1) is 13.8. The molecule has 0 amide bonds. The number of hydrogen-bond acceptors (Lipinski definition) is 5. The largest absolute Gasteiger partial charge is 0.463 e. The SMILES string of the molecule is COC(=O)C(=O)c1cc(C)c(C)c([N+](=O)[O-])c1C. The number of nitrogens with zero attached hydrogens (tertiary/aromatic N) is 1. The number of aryl methyl sites for hydroxylation is 1. The van der Waals surface area contributed by atoms with E-state index in [0.717, 1.165) is 7.11 Å². The monoisotopic (exact) mass is 251 g/mol. The highest BCUT2D eigenvalue weighted by atomic mass is 16.6. The van der Waals surface area contributed by atoms with E-state index in [1.165, 1.54) is 13.0 Å². The first-order valence-corrected chi connectivity index (χ1v) is 5.19. The van der Waals surface area contributed by atoms with E-state index >= 15 is 0 Å². The van der Waals surface area contributed by atoms with Crippen molar-refractivity contribution in [3.8, 4) is 0 Å². The Morgan fingerprint density at radius 3 is 2.22 bits per heavy atom. The maximum absolute atomic E-state index is 11.7. The van der Waals surface area contributed by atoms with Crippen molar-refractivity contribution in [2.24, 2.45) is 0 Å². The zero-order chi connectivity index (χ0) is 14.0. The third-order valence-electron chi connectivity index (χ3n) is 2.86. The van der Waals surface area contributed by atoms with Gasteiger partial charge in [-0.05, 0) is 32.4 Å². The second-order valence-corrected chi connectivity index (χ2v) is 3.92. The van der Waals surface area contributed by atoms with Crippen LogP contribution in [0, 0.1) is 30.9 Å². The lowest BCUT2D eigenvalue weighted by molar-refractivity contribution is -0.386. The molecule has 0 unspecified atom stereocenters. The maximum Gasteiger partial charge on any atom is 0.379 e. The van der Waals surface area contributed by atoms with E-state index in [1.807, 2.05) is 0 Å². The van der Waals surface area contributed by atoms with Gasteiger partial charge in [0.2, 0.25) is 0 Å². The van der Waals surface area contributed by atoms with E-state index in [2.05, 4.69) is 4.74 Å². The van der Waals surface area contributed by atoms with Gasteiger partial charge in [0, 0.05) is 16.7 Å². The van der Waals surface area contributed by atoms with E-state index < -0.39 is 16.7 Å². The first-order valence-electron chi connectivity index (χ1n) is 5.19. The Balaban J connectivity index is 3.53. The second kappa shape index (κ2) is 4.95. The molecule has 1 aromatic rings. The number of ketones is 1. The predicted molar refractivity (Wildman–Crippen MR) is 63.7 cm³/mol. The van der Waals surface area contributed by atoms with E-state index in [4.69, 9.17) is 0 Å². The Morgan fingerprint density at radius 1 is 1.22 bits per heavy atom. The summed E-state index contributed by atoms with van der Waals surface area (Å²) in [6, 6.07) is 1.47. The number of carbonyl (C=O) groups is 2. The Hall–Kier alpha value is -2.24. The van der Waals surface area contributed by atoms with Gasteiger partial charge in [0.1, 0.15) is 0 Å². The third-order valence-corrected chi connectivity index (χ3v) is 2.86. The van der Waals surface area contributed by atoms with Crippen molar-refractivity contribution in [3.05, 3.63) is 38.4 Å². The lowest BCUT2D eigenvalue weighted by Crippen LogP contribution is -2.18. The highest BCUT2D eigenvalue weighted by Gasteiger charge is 2.26. The van der Waals surface area contributed by atoms with Gasteiger partial charge in [0.05, 0.1) is 12.0 Å². The number of Topliss-reactive ketones (excluding diaryl/α,β-unsaturated/α-hetero) is 1. The van der Waals surface area contributed by atoms with Crippen molar-refractivity contribution in [2.45, 2.75) is 20.8 Å². The number of nitro benzene ring substituents is 1. The Morgan fingerprint density at radius 2 is 1.78 bits per heavy atom. The summed E-state index contributed by atoms with van der Waals surface area (Å²) < 4.78 is 4.33. The molecular weight excluding hydrogens is 238 g/mol. The molecule has 0 saturated carbocycles. The molecule has 0 radical (unpaired) electrons. The number of hydrogen-bond donors (Lipinski definition) is 0. The summed E-state index contributed by atoms with van der Waals surface area (Å²) in [5.74, 6) is -1.91. The molecule has 0 N–H and O–H groups in total. The minimum Gasteiger partial charge on any atom is -0.463 e. The number of nitro groups is 1. The Kier molecular flexibility index (Phi) is 3.80. The van der Waals surface area contributed by atoms with Crippen molar-refractivity contribution in [1.29, 1.82) is 0 Å². The molecule has 6 nitrogen and oxygen atoms in total. The van der Waals surface area contributed by atoms with Crippen molar-refractivity contribution < 1.29 is 19.2 Å². The molecule has 0 heterocycles. The molecule has 1 rings (SSSR count). The van der Waals surface area contributed by atoms with Gasteiger partial charge in [-0.15, -0.1) is 0 Å². The summed E-state index contributed by atoms with van der Waals surface area (Å²) in [5, 5.41) is 11.0. The van der Waals surface area contributed by atoms with Crippen LogP contribution in [0.4, 0.5) is 5.69 Å². The van der Waals surface area contributed by atoms with Gasteiger partial charge < -0.3 is 4.74 Å². The topological polar surface area (TPSA) is 86.5 Å². The van der Waals surface area contributed by atoms with Crippen LogP contribution >= 0.6 is 0 Å². The molecule has 0 fully saturated rings. The lowest BCUT2D eigenvalue weighted by Gasteiger charge is -2.09. The zero-order valence-corrected chi connectivity index (χ0v) is 10.6. The highest BCUT2D eigenvalue weighted by molar-refractivity contribution is 6.41. The number of benzene rings is 1. The third kappa shape index (κ3) is 2.22. The molecule has 0 saturated heterocycles. The Labute approximate surface area is 104 Å². The minimum absolute atomic E-state index is 0.0108. The van der Waals surface area contributed by atoms with Crippen LogP contribution in [0.15, 0.2) is 6.07 Å². The van der Waals surface area contributed by atoms with Crippen LogP contribution in [-0.2, 0) is 9.53 Å². The molecule has 0 aliphatic rings. The lowest BCUT2D eigenvalue weighted by atomic mass is 9.95. The summed E-state index contributed by atoms with van der Waals surface area (Å²) in [5.41, 5.74) is 1.12. The standard InChI is InChI=1S/C12H13NO5/c1-6-5-9(11(14)12(15)18-4)8(3)10(7(6)2)13(16)17/h5H,1-4H3. The molecule has 1 aromatic carbocycles. The van der Waals surface area contributed by atoms with Gasteiger partial charge in [-0.2, -0.15) is 0 Å². The van der Waals surface area contributed by atoms with Gasteiger partial charge in [0.25, 0.3) is 11.5 Å². The van der Waals surface area contributed by atoms with Crippen LogP contribution in [0.2, 0.25) is 0 Å². The smallest absolute Gasteiger partial charge is 0.379 e. The summed E-state index contributed by atoms with van der Waals surface area (Å²) in [7, 11) is 1.09. The molecule has 96 valence electrons. The van der Waals surface area contributed by atoms with E-state index in [0.29, 0.717) is 11.1 Å². The number of methoxy groups -OCH3 is 1. The number of ether oxygens (including phenoxy) is 1. The minimum atomic E-state index is -1.03. The molecule has 6 heteroatoms. The molecule has 0 atom stereocenters. The fraction of sp³-hybridized carbons (Fsp3) is 0.333. The normalized spacial score (nSPS) is 10.0. The average molecular weight is 251 g/mol. The second-order valence-electron chi connectivity index (χ2n) is 3.92. The fourth-order valence-corrected chi connectivity index (χ4v) is 1.74. The molecule has 0 aliphatic heterocycles. The molecular formula is C12H13NO5. The first-order chi connectivity index (χ1) is 8.31. The average Bonchev–Trinajstić information content (AvgIpc) is 2.31. The van der Waals surface area contributed by atoms with Crippen LogP contribution in [0.3, 0.4) is 0 Å². The van der Waals surface area contributed by atoms with E-state index in [-0.39, 0.29) is 16.8 Å². The number of esters is 1. The predicted octanol–water partition coefficient (Wildman–Crippen LogP) is 1.88. The molecule has 0 aromatic heterocycles. The quantitative estimate of drug-likeness (QED) is 0.269. The van der Waals surface area contributed by atoms with E-state index in [1.54, 1.807) is 13.8 Å². The summed E-state index contributed by atoms with van der Waals surface area (Å²) in [4.78, 5) is 33.4. The van der Waals surface area contributed by atoms with Crippen LogP contribution in [0.1, 0.15) is 27.0 Å². The number of rotatable bonds is 3. The van der Waals surface area contributed by atoms with Gasteiger partial charge in [-0.1, -0.05) is 0 Å². The van der Waals surface area contributed by atoms with Crippen LogP contribution in [-0.4, -0.2) is 23.8 Å². The molecule has 0 bridgehead atoms. The van der Waals surface area contributed by atoms with Crippen molar-refractivity contribution in [2.75, 3.05) is 7.11 Å². The summed E-state index contributed by atoms with van der Waals surface area (Å²) >= 11 is 0. The molecule has 18 heavy (non-hydrogen) atoms. The summed E-state index contributed by atoms with van der Waals surface area (Å²) in [6.45, 7) is 4.70. The number of carbonyl (C=O) groups excluding carboxylic acids is 2. The van der Waals surface area contributed by atoms with Crippen LogP contribution in [0.5, 0.6) is 0 Å². The van der Waals surface area contributed by atoms with Gasteiger partial charge in [-0.25, -0.2) is 4.79 Å².